The number of anilines is 1. The maximum Gasteiger partial charge on any atom is 0.271 e. The molecule has 0 aliphatic carbocycles. The van der Waals surface area contributed by atoms with Gasteiger partial charge in [-0.15, -0.1) is 0 Å². The largest absolute Gasteiger partial charge is 0.325 e. The third-order valence-corrected chi connectivity index (χ3v) is 3.68. The van der Waals surface area contributed by atoms with E-state index in [2.05, 4.69) is 10.6 Å². The lowest BCUT2D eigenvalue weighted by atomic mass is 9.94. The molecule has 1 heterocycles. The molecular weight excluding hydrogens is 282 g/mol. The van der Waals surface area contributed by atoms with Crippen molar-refractivity contribution in [3.63, 3.8) is 0 Å². The number of halogens is 1. The Morgan fingerprint density at radius 1 is 1.45 bits per heavy atom. The average Bonchev–Trinajstić information content (AvgIpc) is 2.42. The number of hydrogen-bond acceptors (Lipinski definition) is 4. The minimum absolute atomic E-state index is 0.0913. The Labute approximate surface area is 121 Å². The first-order valence-electron chi connectivity index (χ1n) is 6.51. The van der Waals surface area contributed by atoms with E-state index in [4.69, 9.17) is 11.6 Å². The number of piperidine rings is 1. The van der Waals surface area contributed by atoms with Crippen LogP contribution in [0.1, 0.15) is 19.3 Å². The summed E-state index contributed by atoms with van der Waals surface area (Å²) < 4.78 is 0. The van der Waals surface area contributed by atoms with E-state index >= 15 is 0 Å². The SMILES string of the molecule is O=C(CC1CCNCC1)Nc1ccc([N+](=O)[O-])cc1Cl. The number of rotatable bonds is 4. The minimum Gasteiger partial charge on any atom is -0.325 e. The Morgan fingerprint density at radius 2 is 2.15 bits per heavy atom. The minimum atomic E-state index is -0.521. The number of non-ortho nitro benzene ring substituents is 1. The molecule has 7 heteroatoms. The van der Waals surface area contributed by atoms with Crippen LogP contribution in [0.15, 0.2) is 18.2 Å². The zero-order valence-electron chi connectivity index (χ0n) is 10.9. The molecule has 0 spiro atoms. The van der Waals surface area contributed by atoms with E-state index < -0.39 is 4.92 Å². The molecule has 2 rings (SSSR count). The second-order valence-corrected chi connectivity index (χ2v) is 5.27. The molecule has 1 fully saturated rings. The fraction of sp³-hybridized carbons (Fsp3) is 0.462. The number of hydrogen-bond donors (Lipinski definition) is 2. The molecule has 0 bridgehead atoms. The van der Waals surface area contributed by atoms with Crippen molar-refractivity contribution in [1.82, 2.24) is 5.32 Å². The monoisotopic (exact) mass is 297 g/mol. The number of benzene rings is 1. The molecule has 0 saturated carbocycles. The van der Waals surface area contributed by atoms with Gasteiger partial charge in [-0.25, -0.2) is 0 Å². The highest BCUT2D eigenvalue weighted by molar-refractivity contribution is 6.33. The highest BCUT2D eigenvalue weighted by Crippen LogP contribution is 2.27. The summed E-state index contributed by atoms with van der Waals surface area (Å²) in [6.07, 6.45) is 2.43. The smallest absolute Gasteiger partial charge is 0.271 e. The first-order chi connectivity index (χ1) is 9.56. The van der Waals surface area contributed by atoms with Gasteiger partial charge in [0.25, 0.3) is 5.69 Å². The molecule has 0 unspecified atom stereocenters. The van der Waals surface area contributed by atoms with Gasteiger partial charge in [0.05, 0.1) is 15.6 Å². The van der Waals surface area contributed by atoms with E-state index in [0.29, 0.717) is 18.0 Å². The molecular formula is C13H16ClN3O3. The van der Waals surface area contributed by atoms with Crippen LogP contribution in [0.3, 0.4) is 0 Å². The van der Waals surface area contributed by atoms with Gasteiger partial charge in [0, 0.05) is 18.6 Å². The Kier molecular flexibility index (Phi) is 4.92. The molecule has 0 aromatic heterocycles. The van der Waals surface area contributed by atoms with E-state index in [-0.39, 0.29) is 16.6 Å². The average molecular weight is 298 g/mol. The molecule has 1 aromatic rings. The zero-order chi connectivity index (χ0) is 14.5. The van der Waals surface area contributed by atoms with Crippen LogP contribution < -0.4 is 10.6 Å². The number of nitro groups is 1. The van der Waals surface area contributed by atoms with Crippen molar-refractivity contribution in [3.05, 3.63) is 33.3 Å². The van der Waals surface area contributed by atoms with Gasteiger partial charge in [-0.3, -0.25) is 14.9 Å². The first-order valence-corrected chi connectivity index (χ1v) is 6.88. The standard InChI is InChI=1S/C13H16ClN3O3/c14-11-8-10(17(19)20)1-2-12(11)16-13(18)7-9-3-5-15-6-4-9/h1-2,8-9,15H,3-7H2,(H,16,18). The van der Waals surface area contributed by atoms with Crippen molar-refractivity contribution in [2.45, 2.75) is 19.3 Å². The number of nitro benzene ring substituents is 1. The topological polar surface area (TPSA) is 84.3 Å². The fourth-order valence-electron chi connectivity index (χ4n) is 2.27. The number of nitrogens with zero attached hydrogens (tertiary/aromatic N) is 1. The van der Waals surface area contributed by atoms with Gasteiger partial charge < -0.3 is 10.6 Å². The van der Waals surface area contributed by atoms with Gasteiger partial charge in [-0.1, -0.05) is 11.6 Å². The summed E-state index contributed by atoms with van der Waals surface area (Å²) >= 11 is 5.93. The molecule has 0 atom stereocenters. The van der Waals surface area contributed by atoms with Crippen LogP contribution in [0, 0.1) is 16.0 Å². The highest BCUT2D eigenvalue weighted by atomic mass is 35.5. The fourth-order valence-corrected chi connectivity index (χ4v) is 2.49. The van der Waals surface area contributed by atoms with E-state index in [0.717, 1.165) is 25.9 Å². The summed E-state index contributed by atoms with van der Waals surface area (Å²) in [5.74, 6) is 0.278. The van der Waals surface area contributed by atoms with Crippen LogP contribution in [0.2, 0.25) is 5.02 Å². The van der Waals surface area contributed by atoms with Gasteiger partial charge >= 0.3 is 0 Å². The van der Waals surface area contributed by atoms with Crippen LogP contribution in [-0.4, -0.2) is 23.9 Å². The molecule has 1 aromatic carbocycles. The van der Waals surface area contributed by atoms with Crippen molar-refractivity contribution >= 4 is 28.9 Å². The summed E-state index contributed by atoms with van der Waals surface area (Å²) in [5.41, 5.74) is 0.322. The zero-order valence-corrected chi connectivity index (χ0v) is 11.7. The predicted octanol–water partition coefficient (Wildman–Crippen LogP) is 2.58. The summed E-state index contributed by atoms with van der Waals surface area (Å²) in [7, 11) is 0. The second-order valence-electron chi connectivity index (χ2n) is 4.87. The van der Waals surface area contributed by atoms with Crippen LogP contribution in [0.5, 0.6) is 0 Å². The van der Waals surface area contributed by atoms with Gasteiger partial charge in [0.15, 0.2) is 0 Å². The maximum atomic E-state index is 11.9. The third-order valence-electron chi connectivity index (χ3n) is 3.37. The number of amides is 1. The number of carbonyl (C=O) groups excluding carboxylic acids is 1. The normalized spacial score (nSPS) is 15.8. The lowest BCUT2D eigenvalue weighted by Crippen LogP contribution is -2.30. The Hall–Kier alpha value is -1.66. The summed E-state index contributed by atoms with van der Waals surface area (Å²) in [4.78, 5) is 22.0. The Bertz CT molecular complexity index is 516. The predicted molar refractivity (Wildman–Crippen MR) is 76.9 cm³/mol. The second kappa shape index (κ2) is 6.67. The molecule has 0 radical (unpaired) electrons. The van der Waals surface area contributed by atoms with E-state index in [1.54, 1.807) is 0 Å². The van der Waals surface area contributed by atoms with Crippen molar-refractivity contribution < 1.29 is 9.72 Å². The lowest BCUT2D eigenvalue weighted by molar-refractivity contribution is -0.384. The number of carbonyl (C=O) groups is 1. The van der Waals surface area contributed by atoms with Crippen molar-refractivity contribution in [2.75, 3.05) is 18.4 Å². The van der Waals surface area contributed by atoms with Gasteiger partial charge in [0.2, 0.25) is 5.91 Å². The molecule has 108 valence electrons. The molecule has 2 N–H and O–H groups in total. The molecule has 1 amide bonds. The van der Waals surface area contributed by atoms with E-state index in [1.807, 2.05) is 0 Å². The van der Waals surface area contributed by atoms with E-state index in [9.17, 15) is 14.9 Å². The maximum absolute atomic E-state index is 11.9. The lowest BCUT2D eigenvalue weighted by Gasteiger charge is -2.22. The highest BCUT2D eigenvalue weighted by Gasteiger charge is 2.18. The molecule has 1 saturated heterocycles. The summed E-state index contributed by atoms with van der Waals surface area (Å²) in [6, 6.07) is 4.02. The van der Waals surface area contributed by atoms with Gasteiger partial charge in [-0.2, -0.15) is 0 Å². The summed E-state index contributed by atoms with van der Waals surface area (Å²) in [5, 5.41) is 16.7. The Balaban J connectivity index is 1.95. The summed E-state index contributed by atoms with van der Waals surface area (Å²) in [6.45, 7) is 1.88. The Morgan fingerprint density at radius 3 is 2.75 bits per heavy atom. The van der Waals surface area contributed by atoms with Crippen LogP contribution in [-0.2, 0) is 4.79 Å². The van der Waals surface area contributed by atoms with E-state index in [1.165, 1.54) is 18.2 Å². The van der Waals surface area contributed by atoms with Crippen LogP contribution in [0.4, 0.5) is 11.4 Å². The van der Waals surface area contributed by atoms with Crippen molar-refractivity contribution in [3.8, 4) is 0 Å². The van der Waals surface area contributed by atoms with Crippen LogP contribution in [0.25, 0.3) is 0 Å². The molecule has 20 heavy (non-hydrogen) atoms. The molecule has 6 nitrogen and oxygen atoms in total. The first kappa shape index (κ1) is 14.7. The third kappa shape index (κ3) is 3.91. The molecule has 1 aliphatic heterocycles. The van der Waals surface area contributed by atoms with Crippen LogP contribution >= 0.6 is 11.6 Å². The van der Waals surface area contributed by atoms with Crippen molar-refractivity contribution in [1.29, 1.82) is 0 Å². The quantitative estimate of drug-likeness (QED) is 0.661. The van der Waals surface area contributed by atoms with Crippen molar-refractivity contribution in [2.24, 2.45) is 5.92 Å². The van der Waals surface area contributed by atoms with Gasteiger partial charge in [0.1, 0.15) is 0 Å². The number of nitrogens with one attached hydrogen (secondary N) is 2. The molecule has 1 aliphatic rings. The van der Waals surface area contributed by atoms with Gasteiger partial charge in [-0.05, 0) is 37.9 Å².